The lowest BCUT2D eigenvalue weighted by Crippen LogP contribution is -1.86. The highest BCUT2D eigenvalue weighted by Crippen LogP contribution is 2.19. The first-order chi connectivity index (χ1) is 6.79. The van der Waals surface area contributed by atoms with E-state index in [4.69, 9.17) is 4.74 Å². The molecule has 72 valence electrons. The van der Waals surface area contributed by atoms with Gasteiger partial charge in [0.15, 0.2) is 0 Å². The first-order valence-electron chi connectivity index (χ1n) is 4.28. The minimum absolute atomic E-state index is 0.804. The lowest BCUT2D eigenvalue weighted by atomic mass is 10.2. The molecule has 0 radical (unpaired) electrons. The van der Waals surface area contributed by atoms with Crippen molar-refractivity contribution < 1.29 is 4.74 Å². The van der Waals surface area contributed by atoms with Crippen molar-refractivity contribution in [1.29, 1.82) is 0 Å². The summed E-state index contributed by atoms with van der Waals surface area (Å²) in [6.07, 6.45) is 5.42. The molecule has 0 N–H and O–H groups in total. The van der Waals surface area contributed by atoms with Gasteiger partial charge < -0.3 is 4.74 Å². The average Bonchev–Trinajstić information content (AvgIpc) is 2.65. The van der Waals surface area contributed by atoms with Gasteiger partial charge in [0.05, 0.1) is 19.0 Å². The van der Waals surface area contributed by atoms with Crippen LogP contribution in [0.15, 0.2) is 30.7 Å². The summed E-state index contributed by atoms with van der Waals surface area (Å²) in [4.78, 5) is 4.24. The van der Waals surface area contributed by atoms with Crippen molar-refractivity contribution in [2.45, 2.75) is 0 Å². The number of nitrogens with zero attached hydrogens (tertiary/aromatic N) is 3. The molecule has 4 heteroatoms. The average molecular weight is 189 g/mol. The molecule has 4 nitrogen and oxygen atoms in total. The SMILES string of the molecule is COc1ccnc(-c2cnn(C)c2)c1. The van der Waals surface area contributed by atoms with Crippen LogP contribution in [0, 0.1) is 0 Å². The number of ether oxygens (including phenoxy) is 1. The Bertz CT molecular complexity index is 436. The molecule has 0 aromatic carbocycles. The maximum atomic E-state index is 5.12. The van der Waals surface area contributed by atoms with E-state index in [1.54, 1.807) is 24.2 Å². The van der Waals surface area contributed by atoms with Crippen molar-refractivity contribution in [3.63, 3.8) is 0 Å². The fourth-order valence-corrected chi connectivity index (χ4v) is 1.25. The van der Waals surface area contributed by atoms with Crippen molar-refractivity contribution >= 4 is 0 Å². The molecule has 0 fully saturated rings. The number of aryl methyl sites for hydroxylation is 1. The van der Waals surface area contributed by atoms with Crippen LogP contribution in [-0.2, 0) is 7.05 Å². The van der Waals surface area contributed by atoms with Gasteiger partial charge >= 0.3 is 0 Å². The Morgan fingerprint density at radius 1 is 1.43 bits per heavy atom. The second-order valence-electron chi connectivity index (χ2n) is 2.98. The molecule has 0 saturated carbocycles. The summed E-state index contributed by atoms with van der Waals surface area (Å²) in [5.41, 5.74) is 1.86. The standard InChI is InChI=1S/C10H11N3O/c1-13-7-8(6-12-13)10-5-9(14-2)3-4-11-10/h3-7H,1-2H3. The van der Waals surface area contributed by atoms with E-state index in [9.17, 15) is 0 Å². The van der Waals surface area contributed by atoms with Crippen molar-refractivity contribution in [3.05, 3.63) is 30.7 Å². The van der Waals surface area contributed by atoms with Crippen molar-refractivity contribution in [2.75, 3.05) is 7.11 Å². The molecule has 2 aromatic rings. The number of pyridine rings is 1. The normalized spacial score (nSPS) is 10.1. The van der Waals surface area contributed by atoms with Crippen LogP contribution < -0.4 is 4.74 Å². The van der Waals surface area contributed by atoms with Gasteiger partial charge in [-0.2, -0.15) is 5.10 Å². The summed E-state index contributed by atoms with van der Waals surface area (Å²) in [5, 5.41) is 4.08. The molecule has 0 amide bonds. The zero-order valence-electron chi connectivity index (χ0n) is 8.14. The third-order valence-electron chi connectivity index (χ3n) is 1.97. The van der Waals surface area contributed by atoms with Gasteiger partial charge in [0.25, 0.3) is 0 Å². The lowest BCUT2D eigenvalue weighted by Gasteiger charge is -2.00. The Labute approximate surface area is 82.2 Å². The third-order valence-corrected chi connectivity index (χ3v) is 1.97. The summed E-state index contributed by atoms with van der Waals surface area (Å²) in [6, 6.07) is 3.71. The van der Waals surface area contributed by atoms with E-state index in [1.165, 1.54) is 0 Å². The Balaban J connectivity index is 2.41. The molecular formula is C10H11N3O. The van der Waals surface area contributed by atoms with Crippen LogP contribution in [-0.4, -0.2) is 21.9 Å². The van der Waals surface area contributed by atoms with Gasteiger partial charge in [-0.15, -0.1) is 0 Å². The molecule has 0 aliphatic heterocycles. The number of methoxy groups -OCH3 is 1. The maximum absolute atomic E-state index is 5.12. The topological polar surface area (TPSA) is 39.9 Å². The summed E-state index contributed by atoms with van der Waals surface area (Å²) in [6.45, 7) is 0. The van der Waals surface area contributed by atoms with Gasteiger partial charge in [-0.05, 0) is 6.07 Å². The Kier molecular flexibility index (Phi) is 2.18. The van der Waals surface area contributed by atoms with E-state index in [1.807, 2.05) is 25.4 Å². The zero-order chi connectivity index (χ0) is 9.97. The molecule has 0 aliphatic carbocycles. The van der Waals surface area contributed by atoms with Gasteiger partial charge in [0, 0.05) is 31.1 Å². The second kappa shape index (κ2) is 3.49. The largest absolute Gasteiger partial charge is 0.497 e. The summed E-state index contributed by atoms with van der Waals surface area (Å²) < 4.78 is 6.86. The number of hydrogen-bond acceptors (Lipinski definition) is 3. The molecule has 0 bridgehead atoms. The fraction of sp³-hybridized carbons (Fsp3) is 0.200. The molecule has 2 aromatic heterocycles. The van der Waals surface area contributed by atoms with E-state index >= 15 is 0 Å². The number of hydrogen-bond donors (Lipinski definition) is 0. The van der Waals surface area contributed by atoms with Crippen molar-refractivity contribution in [2.24, 2.45) is 7.05 Å². The van der Waals surface area contributed by atoms with Crippen LogP contribution in [0.3, 0.4) is 0 Å². The Morgan fingerprint density at radius 3 is 2.93 bits per heavy atom. The van der Waals surface area contributed by atoms with Gasteiger partial charge in [0.1, 0.15) is 5.75 Å². The first kappa shape index (κ1) is 8.74. The molecule has 0 unspecified atom stereocenters. The highest BCUT2D eigenvalue weighted by Gasteiger charge is 2.02. The van der Waals surface area contributed by atoms with Gasteiger partial charge in [-0.25, -0.2) is 0 Å². The number of rotatable bonds is 2. The van der Waals surface area contributed by atoms with Crippen LogP contribution in [0.2, 0.25) is 0 Å². The highest BCUT2D eigenvalue weighted by atomic mass is 16.5. The van der Waals surface area contributed by atoms with Gasteiger partial charge in [-0.1, -0.05) is 0 Å². The summed E-state index contributed by atoms with van der Waals surface area (Å²) in [7, 11) is 3.52. The molecule has 0 atom stereocenters. The first-order valence-corrected chi connectivity index (χ1v) is 4.28. The Morgan fingerprint density at radius 2 is 2.29 bits per heavy atom. The zero-order valence-corrected chi connectivity index (χ0v) is 8.14. The molecule has 2 heterocycles. The summed E-state index contributed by atoms with van der Waals surface area (Å²) in [5.74, 6) is 0.804. The molecule has 2 rings (SSSR count). The van der Waals surface area contributed by atoms with Crippen LogP contribution >= 0.6 is 0 Å². The van der Waals surface area contributed by atoms with E-state index in [2.05, 4.69) is 10.1 Å². The monoisotopic (exact) mass is 189 g/mol. The van der Waals surface area contributed by atoms with E-state index < -0.39 is 0 Å². The van der Waals surface area contributed by atoms with Gasteiger partial charge in [-0.3, -0.25) is 9.67 Å². The molecule has 0 aliphatic rings. The number of aromatic nitrogens is 3. The van der Waals surface area contributed by atoms with Crippen LogP contribution in [0.5, 0.6) is 5.75 Å². The fourth-order valence-electron chi connectivity index (χ4n) is 1.25. The highest BCUT2D eigenvalue weighted by molar-refractivity contribution is 5.58. The van der Waals surface area contributed by atoms with Crippen LogP contribution in [0.25, 0.3) is 11.3 Å². The predicted molar refractivity (Wildman–Crippen MR) is 53.0 cm³/mol. The smallest absolute Gasteiger partial charge is 0.122 e. The van der Waals surface area contributed by atoms with Crippen LogP contribution in [0.4, 0.5) is 0 Å². The molecule has 14 heavy (non-hydrogen) atoms. The second-order valence-corrected chi connectivity index (χ2v) is 2.98. The lowest BCUT2D eigenvalue weighted by molar-refractivity contribution is 0.414. The Hall–Kier alpha value is -1.84. The van der Waals surface area contributed by atoms with E-state index in [0.717, 1.165) is 17.0 Å². The molecule has 0 saturated heterocycles. The molecular weight excluding hydrogens is 178 g/mol. The van der Waals surface area contributed by atoms with Crippen molar-refractivity contribution in [1.82, 2.24) is 14.8 Å². The van der Waals surface area contributed by atoms with E-state index in [0.29, 0.717) is 0 Å². The minimum atomic E-state index is 0.804. The van der Waals surface area contributed by atoms with Crippen molar-refractivity contribution in [3.8, 4) is 17.0 Å². The third kappa shape index (κ3) is 1.59. The van der Waals surface area contributed by atoms with Gasteiger partial charge in [0.2, 0.25) is 0 Å². The quantitative estimate of drug-likeness (QED) is 0.718. The predicted octanol–water partition coefficient (Wildman–Crippen LogP) is 1.49. The van der Waals surface area contributed by atoms with E-state index in [-0.39, 0.29) is 0 Å². The minimum Gasteiger partial charge on any atom is -0.497 e. The summed E-state index contributed by atoms with van der Waals surface area (Å²) >= 11 is 0. The molecule has 0 spiro atoms. The maximum Gasteiger partial charge on any atom is 0.122 e. The van der Waals surface area contributed by atoms with Crippen LogP contribution in [0.1, 0.15) is 0 Å².